The largest absolute Gasteiger partial charge is 0.382 e. The van der Waals surface area contributed by atoms with E-state index in [2.05, 4.69) is 17.1 Å². The Morgan fingerprint density at radius 2 is 2.11 bits per heavy atom. The average molecular weight is 272 g/mol. The summed E-state index contributed by atoms with van der Waals surface area (Å²) in [5.41, 5.74) is 0. The third kappa shape index (κ3) is 8.58. The maximum atomic E-state index is 5.86. The molecule has 4 nitrogen and oxygen atoms in total. The van der Waals surface area contributed by atoms with Crippen molar-refractivity contribution in [2.45, 2.75) is 45.6 Å². The normalized spacial score (nSPS) is 20.8. The van der Waals surface area contributed by atoms with Crippen molar-refractivity contribution in [3.8, 4) is 0 Å². The molecule has 1 aliphatic rings. The van der Waals surface area contributed by atoms with Crippen LogP contribution in [0.25, 0.3) is 0 Å². The van der Waals surface area contributed by atoms with E-state index in [0.29, 0.717) is 6.10 Å². The van der Waals surface area contributed by atoms with Gasteiger partial charge in [0.25, 0.3) is 0 Å². The molecule has 0 aromatic carbocycles. The number of likely N-dealkylation sites (tertiary alicyclic amines) is 1. The van der Waals surface area contributed by atoms with Crippen LogP contribution in [-0.2, 0) is 9.47 Å². The summed E-state index contributed by atoms with van der Waals surface area (Å²) in [4.78, 5) is 2.53. The molecule has 0 aromatic heterocycles. The first-order valence-electron chi connectivity index (χ1n) is 7.99. The van der Waals surface area contributed by atoms with Gasteiger partial charge in [-0.1, -0.05) is 6.92 Å². The zero-order valence-electron chi connectivity index (χ0n) is 12.8. The minimum Gasteiger partial charge on any atom is -0.382 e. The van der Waals surface area contributed by atoms with Gasteiger partial charge in [-0.2, -0.15) is 0 Å². The first-order valence-corrected chi connectivity index (χ1v) is 7.99. The summed E-state index contributed by atoms with van der Waals surface area (Å²) in [6, 6.07) is 0. The van der Waals surface area contributed by atoms with E-state index in [9.17, 15) is 0 Å². The van der Waals surface area contributed by atoms with Crippen LogP contribution in [0.2, 0.25) is 0 Å². The highest BCUT2D eigenvalue weighted by atomic mass is 16.5. The third-order valence-corrected chi connectivity index (χ3v) is 3.47. The van der Waals surface area contributed by atoms with Crippen molar-refractivity contribution in [3.63, 3.8) is 0 Å². The Hall–Kier alpha value is -0.160. The maximum Gasteiger partial charge on any atom is 0.0702 e. The lowest BCUT2D eigenvalue weighted by Gasteiger charge is -2.32. The number of nitrogens with one attached hydrogen (secondary N) is 1. The quantitative estimate of drug-likeness (QED) is 0.582. The molecular weight excluding hydrogens is 240 g/mol. The second kappa shape index (κ2) is 11.6. The maximum absolute atomic E-state index is 5.86. The number of piperidine rings is 1. The van der Waals surface area contributed by atoms with Crippen molar-refractivity contribution in [3.05, 3.63) is 0 Å². The molecule has 1 atom stereocenters. The van der Waals surface area contributed by atoms with Gasteiger partial charge in [-0.25, -0.2) is 0 Å². The highest BCUT2D eigenvalue weighted by molar-refractivity contribution is 4.73. The van der Waals surface area contributed by atoms with Gasteiger partial charge in [0.15, 0.2) is 0 Å². The molecule has 0 amide bonds. The lowest BCUT2D eigenvalue weighted by molar-refractivity contribution is 0.000358. The first kappa shape index (κ1) is 16.9. The standard InChI is InChI=1S/C15H32N2O2/c1-3-12-19-15-7-5-10-17(14-15)11-9-16-8-6-13-18-4-2/h15-16H,3-14H2,1-2H3. The highest BCUT2D eigenvalue weighted by Crippen LogP contribution is 2.12. The summed E-state index contributed by atoms with van der Waals surface area (Å²) in [6.07, 6.45) is 5.21. The van der Waals surface area contributed by atoms with Crippen LogP contribution < -0.4 is 5.32 Å². The van der Waals surface area contributed by atoms with Gasteiger partial charge in [0.05, 0.1) is 6.10 Å². The number of ether oxygens (including phenoxy) is 2. The van der Waals surface area contributed by atoms with E-state index in [4.69, 9.17) is 9.47 Å². The van der Waals surface area contributed by atoms with Gasteiger partial charge < -0.3 is 14.8 Å². The molecule has 1 heterocycles. The molecule has 1 saturated heterocycles. The monoisotopic (exact) mass is 272 g/mol. The summed E-state index contributed by atoms with van der Waals surface area (Å²) in [7, 11) is 0. The van der Waals surface area contributed by atoms with Crippen LogP contribution in [0.15, 0.2) is 0 Å². The summed E-state index contributed by atoms with van der Waals surface area (Å²) < 4.78 is 11.2. The van der Waals surface area contributed by atoms with Crippen LogP contribution in [0, 0.1) is 0 Å². The van der Waals surface area contributed by atoms with E-state index in [1.807, 2.05) is 6.92 Å². The lowest BCUT2D eigenvalue weighted by atomic mass is 10.1. The van der Waals surface area contributed by atoms with Gasteiger partial charge in [-0.15, -0.1) is 0 Å². The van der Waals surface area contributed by atoms with E-state index >= 15 is 0 Å². The fourth-order valence-corrected chi connectivity index (χ4v) is 2.44. The van der Waals surface area contributed by atoms with Crippen LogP contribution in [0.5, 0.6) is 0 Å². The van der Waals surface area contributed by atoms with Gasteiger partial charge >= 0.3 is 0 Å². The highest BCUT2D eigenvalue weighted by Gasteiger charge is 2.19. The molecule has 1 fully saturated rings. The third-order valence-electron chi connectivity index (χ3n) is 3.47. The zero-order chi connectivity index (χ0) is 13.8. The van der Waals surface area contributed by atoms with Gasteiger partial charge in [-0.3, -0.25) is 4.90 Å². The molecule has 1 unspecified atom stereocenters. The molecule has 0 saturated carbocycles. The molecule has 0 aliphatic carbocycles. The molecule has 1 aliphatic heterocycles. The zero-order valence-corrected chi connectivity index (χ0v) is 12.8. The molecule has 114 valence electrons. The molecule has 0 spiro atoms. The van der Waals surface area contributed by atoms with Crippen LogP contribution in [0.4, 0.5) is 0 Å². The van der Waals surface area contributed by atoms with Gasteiger partial charge in [0, 0.05) is 39.5 Å². The predicted octanol–water partition coefficient (Wildman–Crippen LogP) is 1.89. The number of nitrogens with zero attached hydrogens (tertiary/aromatic N) is 1. The minimum absolute atomic E-state index is 0.464. The molecule has 0 bridgehead atoms. The van der Waals surface area contributed by atoms with E-state index in [1.165, 1.54) is 19.4 Å². The molecule has 19 heavy (non-hydrogen) atoms. The van der Waals surface area contributed by atoms with Crippen molar-refractivity contribution >= 4 is 0 Å². The van der Waals surface area contributed by atoms with Crippen molar-refractivity contribution in [2.24, 2.45) is 0 Å². The van der Waals surface area contributed by atoms with E-state index < -0.39 is 0 Å². The Morgan fingerprint density at radius 1 is 1.21 bits per heavy atom. The first-order chi connectivity index (χ1) is 9.36. The summed E-state index contributed by atoms with van der Waals surface area (Å²) in [5, 5.41) is 3.49. The summed E-state index contributed by atoms with van der Waals surface area (Å²) in [6.45, 7) is 12.4. The second-order valence-electron chi connectivity index (χ2n) is 5.24. The lowest BCUT2D eigenvalue weighted by Crippen LogP contribution is -2.42. The Bertz CT molecular complexity index is 203. The van der Waals surface area contributed by atoms with Gasteiger partial charge in [0.1, 0.15) is 0 Å². The van der Waals surface area contributed by atoms with Crippen LogP contribution >= 0.6 is 0 Å². The SMILES string of the molecule is CCCOC1CCCN(CCNCCCOCC)C1. The Kier molecular flexibility index (Phi) is 10.4. The van der Waals surface area contributed by atoms with Crippen molar-refractivity contribution in [2.75, 3.05) is 52.5 Å². The topological polar surface area (TPSA) is 33.7 Å². The van der Waals surface area contributed by atoms with Crippen molar-refractivity contribution in [1.82, 2.24) is 10.2 Å². The van der Waals surface area contributed by atoms with Crippen LogP contribution in [0.1, 0.15) is 39.5 Å². The summed E-state index contributed by atoms with van der Waals surface area (Å²) in [5.74, 6) is 0. The molecular formula is C15H32N2O2. The van der Waals surface area contributed by atoms with E-state index in [-0.39, 0.29) is 0 Å². The Balaban J connectivity index is 1.96. The van der Waals surface area contributed by atoms with E-state index in [1.54, 1.807) is 0 Å². The van der Waals surface area contributed by atoms with E-state index in [0.717, 1.165) is 58.8 Å². The molecule has 0 aromatic rings. The second-order valence-corrected chi connectivity index (χ2v) is 5.24. The number of hydrogen-bond acceptors (Lipinski definition) is 4. The minimum atomic E-state index is 0.464. The van der Waals surface area contributed by atoms with Crippen molar-refractivity contribution < 1.29 is 9.47 Å². The average Bonchev–Trinajstić information content (AvgIpc) is 2.44. The molecule has 0 radical (unpaired) electrons. The van der Waals surface area contributed by atoms with Gasteiger partial charge in [0.2, 0.25) is 0 Å². The molecule has 1 rings (SSSR count). The molecule has 1 N–H and O–H groups in total. The summed E-state index contributed by atoms with van der Waals surface area (Å²) >= 11 is 0. The Labute approximate surface area is 118 Å². The van der Waals surface area contributed by atoms with Gasteiger partial charge in [-0.05, 0) is 45.7 Å². The van der Waals surface area contributed by atoms with Crippen LogP contribution in [-0.4, -0.2) is 63.5 Å². The predicted molar refractivity (Wildman–Crippen MR) is 79.7 cm³/mol. The Morgan fingerprint density at radius 3 is 2.89 bits per heavy atom. The fraction of sp³-hybridized carbons (Fsp3) is 1.00. The van der Waals surface area contributed by atoms with Crippen LogP contribution in [0.3, 0.4) is 0 Å². The number of hydrogen-bond donors (Lipinski definition) is 1. The molecule has 4 heteroatoms. The smallest absolute Gasteiger partial charge is 0.0702 e. The fourth-order valence-electron chi connectivity index (χ4n) is 2.44. The van der Waals surface area contributed by atoms with Crippen molar-refractivity contribution in [1.29, 1.82) is 0 Å². The number of rotatable bonds is 11.